The lowest BCUT2D eigenvalue weighted by molar-refractivity contribution is 0.233. The van der Waals surface area contributed by atoms with Crippen LogP contribution in [0.5, 0.6) is 0 Å². The molecule has 2 aromatic rings. The van der Waals surface area contributed by atoms with Crippen molar-refractivity contribution in [1.82, 2.24) is 19.5 Å². The number of hydrogen-bond acceptors (Lipinski definition) is 6. The zero-order chi connectivity index (χ0) is 11.8. The van der Waals surface area contributed by atoms with Gasteiger partial charge in [0, 0.05) is 12.4 Å². The number of aliphatic hydroxyl groups excluding tert-OH is 1. The number of aromatic nitrogens is 4. The highest BCUT2D eigenvalue weighted by Crippen LogP contribution is 2.40. The van der Waals surface area contributed by atoms with Gasteiger partial charge in [-0.1, -0.05) is 0 Å². The molecule has 0 bridgehead atoms. The zero-order valence-corrected chi connectivity index (χ0v) is 9.97. The first-order valence-corrected chi connectivity index (χ1v) is 6.50. The van der Waals surface area contributed by atoms with Gasteiger partial charge in [0.05, 0.1) is 11.7 Å². The molecule has 0 saturated carbocycles. The third-order valence-corrected chi connectivity index (χ3v) is 4.48. The van der Waals surface area contributed by atoms with Crippen LogP contribution in [0.4, 0.5) is 5.82 Å². The molecule has 0 spiro atoms. The molecule has 6 nitrogen and oxygen atoms in total. The van der Waals surface area contributed by atoms with E-state index in [-0.39, 0.29) is 12.0 Å². The highest BCUT2D eigenvalue weighted by Gasteiger charge is 2.27. The molecule has 3 rings (SSSR count). The van der Waals surface area contributed by atoms with Gasteiger partial charge in [-0.2, -0.15) is 0 Å². The Hall–Kier alpha value is -1.34. The summed E-state index contributed by atoms with van der Waals surface area (Å²) in [6, 6.07) is 0. The van der Waals surface area contributed by atoms with Crippen molar-refractivity contribution in [3.8, 4) is 0 Å². The van der Waals surface area contributed by atoms with Gasteiger partial charge in [0.25, 0.3) is 0 Å². The molecule has 1 fully saturated rings. The first kappa shape index (κ1) is 10.8. The van der Waals surface area contributed by atoms with Gasteiger partial charge in [-0.15, -0.1) is 11.8 Å². The van der Waals surface area contributed by atoms with E-state index in [2.05, 4.69) is 15.0 Å². The Balaban J connectivity index is 1.99. The number of fused-ring (bicyclic) bond motifs is 1. The number of anilines is 1. The molecular weight excluding hydrogens is 238 g/mol. The minimum Gasteiger partial charge on any atom is -0.396 e. The fourth-order valence-corrected chi connectivity index (χ4v) is 3.53. The number of thioether (sulfide) groups is 1. The number of imidazole rings is 1. The molecule has 1 aliphatic rings. The molecular formula is C10H13N5OS. The van der Waals surface area contributed by atoms with Crippen molar-refractivity contribution in [2.75, 3.05) is 18.1 Å². The van der Waals surface area contributed by atoms with E-state index in [1.54, 1.807) is 6.33 Å². The Morgan fingerprint density at radius 2 is 2.35 bits per heavy atom. The molecule has 3 N–H and O–H groups in total. The smallest absolute Gasteiger partial charge is 0.166 e. The molecule has 0 radical (unpaired) electrons. The van der Waals surface area contributed by atoms with Gasteiger partial charge in [-0.05, 0) is 12.3 Å². The van der Waals surface area contributed by atoms with Crippen molar-refractivity contribution in [3.63, 3.8) is 0 Å². The second-order valence-corrected chi connectivity index (χ2v) is 5.37. The Morgan fingerprint density at radius 3 is 3.12 bits per heavy atom. The normalized spacial score (nSPS) is 24.5. The first-order valence-electron chi connectivity index (χ1n) is 5.45. The molecule has 2 aromatic heterocycles. The average Bonchev–Trinajstić information content (AvgIpc) is 2.94. The van der Waals surface area contributed by atoms with Crippen LogP contribution in [0, 0.1) is 5.92 Å². The van der Waals surface area contributed by atoms with E-state index in [9.17, 15) is 0 Å². The Bertz CT molecular complexity index is 542. The quantitative estimate of drug-likeness (QED) is 0.814. The van der Waals surface area contributed by atoms with Crippen LogP contribution in [0.3, 0.4) is 0 Å². The number of nitrogen functional groups attached to an aromatic ring is 1. The molecule has 3 heterocycles. The van der Waals surface area contributed by atoms with Crippen LogP contribution in [-0.2, 0) is 0 Å². The summed E-state index contributed by atoms with van der Waals surface area (Å²) in [4.78, 5) is 12.4. The van der Waals surface area contributed by atoms with Crippen LogP contribution >= 0.6 is 11.8 Å². The van der Waals surface area contributed by atoms with Crippen molar-refractivity contribution in [1.29, 1.82) is 0 Å². The molecule has 1 aliphatic heterocycles. The summed E-state index contributed by atoms with van der Waals surface area (Å²) in [6.07, 6.45) is 4.16. The molecule has 7 heteroatoms. The van der Waals surface area contributed by atoms with Gasteiger partial charge < -0.3 is 15.4 Å². The minimum atomic E-state index is 0.243. The molecule has 1 saturated heterocycles. The summed E-state index contributed by atoms with van der Waals surface area (Å²) in [5.41, 5.74) is 7.17. The van der Waals surface area contributed by atoms with E-state index in [1.165, 1.54) is 6.33 Å². The Labute approximate surface area is 102 Å². The molecule has 2 atom stereocenters. The van der Waals surface area contributed by atoms with E-state index in [4.69, 9.17) is 10.8 Å². The Kier molecular flexibility index (Phi) is 2.64. The molecule has 0 aliphatic carbocycles. The number of aliphatic hydroxyl groups is 1. The fraction of sp³-hybridized carbons (Fsp3) is 0.500. The molecule has 0 aromatic carbocycles. The predicted octanol–water partition coefficient (Wildman–Crippen LogP) is 0.652. The zero-order valence-electron chi connectivity index (χ0n) is 9.15. The van der Waals surface area contributed by atoms with Gasteiger partial charge in [0.15, 0.2) is 11.5 Å². The third kappa shape index (κ3) is 1.75. The summed E-state index contributed by atoms with van der Waals surface area (Å²) in [5.74, 6) is 1.75. The van der Waals surface area contributed by atoms with E-state index in [1.807, 2.05) is 16.3 Å². The van der Waals surface area contributed by atoms with Crippen LogP contribution in [0.2, 0.25) is 0 Å². The van der Waals surface area contributed by atoms with E-state index in [0.29, 0.717) is 17.3 Å². The number of nitrogens with zero attached hydrogens (tertiary/aromatic N) is 4. The van der Waals surface area contributed by atoms with Crippen LogP contribution < -0.4 is 5.73 Å². The molecule has 0 amide bonds. The standard InChI is InChI=1S/C10H13N5OS/c11-9-8-10(13-4-12-9)15(5-14-8)7-1-6(2-16)3-17-7/h4-7,16H,1-3H2,(H2,11,12,13)/t6-,7+/m1/s1. The summed E-state index contributed by atoms with van der Waals surface area (Å²) in [6.45, 7) is 0.243. The largest absolute Gasteiger partial charge is 0.396 e. The van der Waals surface area contributed by atoms with Crippen LogP contribution in [0.25, 0.3) is 11.2 Å². The second kappa shape index (κ2) is 4.15. The minimum absolute atomic E-state index is 0.243. The van der Waals surface area contributed by atoms with Gasteiger partial charge >= 0.3 is 0 Å². The predicted molar refractivity (Wildman–Crippen MR) is 66.4 cm³/mol. The van der Waals surface area contributed by atoms with E-state index >= 15 is 0 Å². The lowest BCUT2D eigenvalue weighted by atomic mass is 10.1. The topological polar surface area (TPSA) is 89.9 Å². The van der Waals surface area contributed by atoms with Gasteiger partial charge in [0.1, 0.15) is 11.8 Å². The maximum Gasteiger partial charge on any atom is 0.166 e. The lowest BCUT2D eigenvalue weighted by Crippen LogP contribution is -2.07. The summed E-state index contributed by atoms with van der Waals surface area (Å²) < 4.78 is 2.02. The fourth-order valence-electron chi connectivity index (χ4n) is 2.07. The highest BCUT2D eigenvalue weighted by atomic mass is 32.2. The maximum atomic E-state index is 9.15. The van der Waals surface area contributed by atoms with Crippen molar-refractivity contribution in [2.45, 2.75) is 11.8 Å². The monoisotopic (exact) mass is 251 g/mol. The van der Waals surface area contributed by atoms with Gasteiger partial charge in [-0.25, -0.2) is 15.0 Å². The van der Waals surface area contributed by atoms with Crippen molar-refractivity contribution in [3.05, 3.63) is 12.7 Å². The van der Waals surface area contributed by atoms with Crippen LogP contribution in [0.1, 0.15) is 11.8 Å². The van der Waals surface area contributed by atoms with Crippen molar-refractivity contribution >= 4 is 28.7 Å². The summed E-state index contributed by atoms with van der Waals surface area (Å²) in [7, 11) is 0. The van der Waals surface area contributed by atoms with Gasteiger partial charge in [-0.3, -0.25) is 0 Å². The molecule has 0 unspecified atom stereocenters. The number of rotatable bonds is 2. The number of nitrogens with two attached hydrogens (primary N) is 1. The highest BCUT2D eigenvalue weighted by molar-refractivity contribution is 7.99. The van der Waals surface area contributed by atoms with E-state index in [0.717, 1.165) is 17.8 Å². The van der Waals surface area contributed by atoms with E-state index < -0.39 is 0 Å². The third-order valence-electron chi connectivity index (χ3n) is 3.01. The summed E-state index contributed by atoms with van der Waals surface area (Å²) >= 11 is 1.82. The van der Waals surface area contributed by atoms with Gasteiger partial charge in [0.2, 0.25) is 0 Å². The SMILES string of the molecule is Nc1ncnc2c1ncn2[C@@H]1C[C@H](CO)CS1. The lowest BCUT2D eigenvalue weighted by Gasteiger charge is -2.11. The van der Waals surface area contributed by atoms with Crippen LogP contribution in [0.15, 0.2) is 12.7 Å². The second-order valence-electron chi connectivity index (χ2n) is 4.16. The Morgan fingerprint density at radius 1 is 1.47 bits per heavy atom. The maximum absolute atomic E-state index is 9.15. The van der Waals surface area contributed by atoms with Crippen molar-refractivity contribution in [2.24, 2.45) is 5.92 Å². The molecule has 90 valence electrons. The average molecular weight is 251 g/mol. The number of hydrogen-bond donors (Lipinski definition) is 2. The van der Waals surface area contributed by atoms with Crippen LogP contribution in [-0.4, -0.2) is 37.0 Å². The summed E-state index contributed by atoms with van der Waals surface area (Å²) in [5, 5.41) is 9.44. The molecule has 17 heavy (non-hydrogen) atoms. The van der Waals surface area contributed by atoms with Crippen molar-refractivity contribution < 1.29 is 5.11 Å². The first-order chi connectivity index (χ1) is 8.29.